The standard InChI is InChI=1S/C19H33N3O.C2HF3O2/c1-6-17-20-19(18(23)22(17)10-14(4)5)8-7-15-11-21(9-13(2)3)12-16(15)19;3-2(4,5)1(6)7/h13-16H,6-12H2,1-5H3;(H,6,7)/t15-,16+,19-;/m1./s1. The number of fused-ring (bicyclic) bond motifs is 2. The van der Waals surface area contributed by atoms with Gasteiger partial charge in [-0.05, 0) is 30.6 Å². The number of amidine groups is 1. The van der Waals surface area contributed by atoms with Crippen molar-refractivity contribution in [1.29, 1.82) is 0 Å². The van der Waals surface area contributed by atoms with Gasteiger partial charge in [0.1, 0.15) is 11.4 Å². The van der Waals surface area contributed by atoms with Crippen LogP contribution in [0.3, 0.4) is 0 Å². The molecule has 3 aliphatic rings. The monoisotopic (exact) mass is 433 g/mol. The first kappa shape index (κ1) is 24.6. The topological polar surface area (TPSA) is 73.2 Å². The van der Waals surface area contributed by atoms with Crippen molar-refractivity contribution in [2.45, 2.75) is 65.6 Å². The molecular formula is C21H34F3N3O3. The number of aliphatic carboxylic acids is 1. The Morgan fingerprint density at radius 1 is 1.20 bits per heavy atom. The van der Waals surface area contributed by atoms with Crippen LogP contribution in [0.5, 0.6) is 0 Å². The molecule has 1 saturated carbocycles. The van der Waals surface area contributed by atoms with Gasteiger partial charge >= 0.3 is 12.1 Å². The Hall–Kier alpha value is -1.64. The minimum Gasteiger partial charge on any atom is -0.475 e. The highest BCUT2D eigenvalue weighted by molar-refractivity contribution is 6.08. The number of rotatable bonds is 5. The molecular weight excluding hydrogens is 399 g/mol. The molecule has 1 spiro atoms. The summed E-state index contributed by atoms with van der Waals surface area (Å²) in [5.41, 5.74) is -0.420. The van der Waals surface area contributed by atoms with Crippen molar-refractivity contribution in [1.82, 2.24) is 9.80 Å². The molecule has 0 aromatic carbocycles. The SMILES string of the molecule is CCC1=N[C@@]2(CC[C@@H]3CN(CC(C)C)C[C@@H]32)C(=O)N1CC(C)C.O=C(O)C(F)(F)F. The maximum absolute atomic E-state index is 13.3. The van der Waals surface area contributed by atoms with E-state index >= 15 is 0 Å². The first-order valence-corrected chi connectivity index (χ1v) is 10.7. The molecule has 0 aromatic rings. The van der Waals surface area contributed by atoms with Crippen LogP contribution in [0.2, 0.25) is 0 Å². The second-order valence-corrected chi connectivity index (χ2v) is 9.44. The van der Waals surface area contributed by atoms with Crippen molar-refractivity contribution in [3.63, 3.8) is 0 Å². The van der Waals surface area contributed by atoms with Crippen LogP contribution >= 0.6 is 0 Å². The lowest BCUT2D eigenvalue weighted by Gasteiger charge is -2.29. The smallest absolute Gasteiger partial charge is 0.475 e. The van der Waals surface area contributed by atoms with Gasteiger partial charge in [-0.1, -0.05) is 34.6 Å². The second kappa shape index (κ2) is 9.24. The van der Waals surface area contributed by atoms with E-state index in [-0.39, 0.29) is 0 Å². The third kappa shape index (κ3) is 5.15. The van der Waals surface area contributed by atoms with Gasteiger partial charge in [-0.15, -0.1) is 0 Å². The molecule has 6 nitrogen and oxygen atoms in total. The zero-order valence-electron chi connectivity index (χ0n) is 18.5. The largest absolute Gasteiger partial charge is 0.490 e. The van der Waals surface area contributed by atoms with Crippen LogP contribution in [0.15, 0.2) is 4.99 Å². The van der Waals surface area contributed by atoms with Crippen LogP contribution < -0.4 is 0 Å². The van der Waals surface area contributed by atoms with E-state index in [1.165, 1.54) is 13.0 Å². The number of nitrogens with zero attached hydrogens (tertiary/aromatic N) is 3. The van der Waals surface area contributed by atoms with Gasteiger partial charge < -0.3 is 10.0 Å². The van der Waals surface area contributed by atoms with Crippen molar-refractivity contribution in [3.05, 3.63) is 0 Å². The molecule has 3 atom stereocenters. The van der Waals surface area contributed by atoms with Gasteiger partial charge in [0, 0.05) is 38.5 Å². The van der Waals surface area contributed by atoms with Gasteiger partial charge in [0.05, 0.1) is 0 Å². The fraction of sp³-hybridized carbons (Fsp3) is 0.857. The van der Waals surface area contributed by atoms with E-state index < -0.39 is 17.7 Å². The van der Waals surface area contributed by atoms with Gasteiger partial charge in [0.2, 0.25) is 0 Å². The molecule has 0 radical (unpaired) electrons. The Bertz CT molecular complexity index is 678. The van der Waals surface area contributed by atoms with Crippen molar-refractivity contribution in [2.75, 3.05) is 26.2 Å². The van der Waals surface area contributed by atoms with Crippen molar-refractivity contribution < 1.29 is 27.9 Å². The van der Waals surface area contributed by atoms with Crippen LogP contribution in [-0.4, -0.2) is 70.5 Å². The lowest BCUT2D eigenvalue weighted by atomic mass is 9.84. The highest BCUT2D eigenvalue weighted by Gasteiger charge is 2.60. The van der Waals surface area contributed by atoms with E-state index in [2.05, 4.69) is 39.5 Å². The van der Waals surface area contributed by atoms with Crippen LogP contribution in [0.4, 0.5) is 13.2 Å². The summed E-state index contributed by atoms with van der Waals surface area (Å²) in [5, 5.41) is 7.12. The number of likely N-dealkylation sites (tertiary alicyclic amines) is 1. The summed E-state index contributed by atoms with van der Waals surface area (Å²) in [5.74, 6) is 0.868. The highest BCUT2D eigenvalue weighted by atomic mass is 19.4. The van der Waals surface area contributed by atoms with Gasteiger partial charge in [-0.25, -0.2) is 4.79 Å². The number of carbonyl (C=O) groups is 2. The summed E-state index contributed by atoms with van der Waals surface area (Å²) in [4.78, 5) is 31.9. The fourth-order valence-electron chi connectivity index (χ4n) is 4.97. The molecule has 1 amide bonds. The number of halogens is 3. The quantitative estimate of drug-likeness (QED) is 0.718. The van der Waals surface area contributed by atoms with E-state index in [0.717, 1.165) is 38.3 Å². The molecule has 0 bridgehead atoms. The van der Waals surface area contributed by atoms with Gasteiger partial charge in [-0.2, -0.15) is 13.2 Å². The third-order valence-corrected chi connectivity index (χ3v) is 6.01. The Morgan fingerprint density at radius 2 is 1.77 bits per heavy atom. The number of carboxylic acid groups (broad SMARTS) is 1. The lowest BCUT2D eigenvalue weighted by molar-refractivity contribution is -0.192. The average molecular weight is 434 g/mol. The fourth-order valence-corrected chi connectivity index (χ4v) is 4.97. The molecule has 1 saturated heterocycles. The van der Waals surface area contributed by atoms with E-state index in [9.17, 15) is 18.0 Å². The molecule has 3 rings (SSSR count). The highest BCUT2D eigenvalue weighted by Crippen LogP contribution is 2.50. The molecule has 1 aliphatic carbocycles. The van der Waals surface area contributed by atoms with Crippen LogP contribution in [0.25, 0.3) is 0 Å². The minimum absolute atomic E-state index is 0.307. The Kier molecular flexibility index (Phi) is 7.59. The maximum atomic E-state index is 13.3. The molecule has 2 aliphatic heterocycles. The van der Waals surface area contributed by atoms with Crippen LogP contribution in [0.1, 0.15) is 53.9 Å². The van der Waals surface area contributed by atoms with Crippen molar-refractivity contribution in [2.24, 2.45) is 28.7 Å². The van der Waals surface area contributed by atoms with E-state index in [0.29, 0.717) is 29.6 Å². The first-order chi connectivity index (χ1) is 13.8. The number of hydrogen-bond donors (Lipinski definition) is 1. The predicted molar refractivity (Wildman–Crippen MR) is 108 cm³/mol. The van der Waals surface area contributed by atoms with E-state index in [1.807, 2.05) is 4.90 Å². The number of carboxylic acids is 1. The first-order valence-electron chi connectivity index (χ1n) is 10.7. The van der Waals surface area contributed by atoms with E-state index in [4.69, 9.17) is 14.9 Å². The second-order valence-electron chi connectivity index (χ2n) is 9.44. The zero-order valence-corrected chi connectivity index (χ0v) is 18.5. The summed E-state index contributed by atoms with van der Waals surface area (Å²) in [6.07, 6.45) is -2.08. The maximum Gasteiger partial charge on any atom is 0.490 e. The molecule has 0 unspecified atom stereocenters. The van der Waals surface area contributed by atoms with Gasteiger partial charge in [-0.3, -0.25) is 14.7 Å². The third-order valence-electron chi connectivity index (χ3n) is 6.01. The Morgan fingerprint density at radius 3 is 2.23 bits per heavy atom. The van der Waals surface area contributed by atoms with Gasteiger partial charge in [0.25, 0.3) is 5.91 Å². The van der Waals surface area contributed by atoms with Crippen LogP contribution in [-0.2, 0) is 9.59 Å². The van der Waals surface area contributed by atoms with Crippen molar-refractivity contribution >= 4 is 17.7 Å². The van der Waals surface area contributed by atoms with E-state index in [1.54, 1.807) is 0 Å². The average Bonchev–Trinajstić information content (AvgIpc) is 3.23. The van der Waals surface area contributed by atoms with Crippen LogP contribution in [0, 0.1) is 23.7 Å². The Balaban J connectivity index is 0.000000396. The number of hydrogen-bond acceptors (Lipinski definition) is 4. The molecule has 1 N–H and O–H groups in total. The number of alkyl halides is 3. The summed E-state index contributed by atoms with van der Waals surface area (Å²) < 4.78 is 31.7. The zero-order chi connectivity index (χ0) is 22.9. The molecule has 2 fully saturated rings. The minimum atomic E-state index is -5.08. The van der Waals surface area contributed by atoms with Gasteiger partial charge in [0.15, 0.2) is 0 Å². The number of aliphatic imine (C=N–C) groups is 1. The van der Waals surface area contributed by atoms with Crippen molar-refractivity contribution in [3.8, 4) is 0 Å². The molecule has 0 aromatic heterocycles. The molecule has 172 valence electrons. The predicted octanol–water partition coefficient (Wildman–Crippen LogP) is 3.66. The summed E-state index contributed by atoms with van der Waals surface area (Å²) in [7, 11) is 0. The molecule has 2 heterocycles. The summed E-state index contributed by atoms with van der Waals surface area (Å²) in [6, 6.07) is 0. The molecule has 9 heteroatoms. The lowest BCUT2D eigenvalue weighted by Crippen LogP contribution is -2.47. The number of amides is 1. The summed E-state index contributed by atoms with van der Waals surface area (Å²) >= 11 is 0. The normalized spacial score (nSPS) is 28.9. The Labute approximate surface area is 176 Å². The summed E-state index contributed by atoms with van der Waals surface area (Å²) in [6.45, 7) is 15.3. The molecule has 30 heavy (non-hydrogen) atoms. The number of carbonyl (C=O) groups excluding carboxylic acids is 1.